The first-order valence-electron chi connectivity index (χ1n) is 5.28. The summed E-state index contributed by atoms with van der Waals surface area (Å²) in [5.74, 6) is -0.973. The van der Waals surface area contributed by atoms with Crippen LogP contribution in [-0.4, -0.2) is 22.6 Å². The zero-order chi connectivity index (χ0) is 13.0. The van der Waals surface area contributed by atoms with Gasteiger partial charge in [0.25, 0.3) is 0 Å². The Balaban J connectivity index is 1.73. The minimum absolute atomic E-state index is 0.136. The molecule has 7 heteroatoms. The molecule has 0 bridgehead atoms. The summed E-state index contributed by atoms with van der Waals surface area (Å²) in [6.07, 6.45) is 0.910. The molecule has 0 spiro atoms. The number of nitrogens with zero attached hydrogens (tertiary/aromatic N) is 1. The molecule has 0 atom stereocenters. The largest absolute Gasteiger partial charge is 0.476 e. The third kappa shape index (κ3) is 3.78. The van der Waals surface area contributed by atoms with Gasteiger partial charge in [-0.15, -0.1) is 22.7 Å². The van der Waals surface area contributed by atoms with E-state index in [1.165, 1.54) is 4.88 Å². The van der Waals surface area contributed by atoms with Crippen molar-refractivity contribution in [2.45, 2.75) is 13.0 Å². The summed E-state index contributed by atoms with van der Waals surface area (Å²) < 4.78 is 0.801. The highest BCUT2D eigenvalue weighted by Gasteiger charge is 2.08. The van der Waals surface area contributed by atoms with Gasteiger partial charge in [0, 0.05) is 23.3 Å². The highest BCUT2D eigenvalue weighted by Crippen LogP contribution is 2.21. The maximum Gasteiger partial charge on any atom is 0.365 e. The van der Waals surface area contributed by atoms with Gasteiger partial charge in [-0.05, 0) is 18.6 Å². The molecule has 0 aromatic carbocycles. The number of hydrogen-bond donors (Lipinski definition) is 2. The molecule has 0 aliphatic heterocycles. The molecule has 0 radical (unpaired) electrons. The number of thiazole rings is 1. The Hall–Kier alpha value is -0.950. The van der Waals surface area contributed by atoms with Crippen LogP contribution in [0.3, 0.4) is 0 Å². The Morgan fingerprint density at radius 2 is 2.33 bits per heavy atom. The van der Waals surface area contributed by atoms with E-state index in [0.29, 0.717) is 6.54 Å². The molecule has 0 amide bonds. The number of nitrogens with one attached hydrogen (secondary N) is 1. The zero-order valence-electron chi connectivity index (χ0n) is 9.35. The minimum Gasteiger partial charge on any atom is -0.476 e. The fourth-order valence-corrected chi connectivity index (χ4v) is 3.14. The second-order valence-corrected chi connectivity index (χ2v) is 6.24. The lowest BCUT2D eigenvalue weighted by molar-refractivity contribution is 0.0696. The number of thiophene rings is 1. The quantitative estimate of drug-likeness (QED) is 0.806. The molecule has 2 N–H and O–H groups in total. The fraction of sp³-hybridized carbons (Fsp3) is 0.273. The first kappa shape index (κ1) is 13.5. The summed E-state index contributed by atoms with van der Waals surface area (Å²) in [5, 5.41) is 13.9. The standard InChI is InChI=1S/C11H11ClN2O2S2/c12-9-2-1-8(18-9)3-4-13-5-7-6-17-10(14-7)11(15)16/h1-2,6,13H,3-5H2,(H,15,16). The summed E-state index contributed by atoms with van der Waals surface area (Å²) >= 11 is 8.56. The summed E-state index contributed by atoms with van der Waals surface area (Å²) in [6.45, 7) is 1.40. The molecule has 2 rings (SSSR count). The molecule has 0 aliphatic rings. The number of aromatic carboxylic acids is 1. The van der Waals surface area contributed by atoms with E-state index >= 15 is 0 Å². The average molecular weight is 303 g/mol. The maximum absolute atomic E-state index is 10.6. The lowest BCUT2D eigenvalue weighted by atomic mass is 10.3. The van der Waals surface area contributed by atoms with Crippen LogP contribution in [0.25, 0.3) is 0 Å². The van der Waals surface area contributed by atoms with E-state index in [1.54, 1.807) is 16.7 Å². The summed E-state index contributed by atoms with van der Waals surface area (Å²) in [6, 6.07) is 3.90. The van der Waals surface area contributed by atoms with Gasteiger partial charge in [0.1, 0.15) is 0 Å². The summed E-state index contributed by atoms with van der Waals surface area (Å²) in [5.41, 5.74) is 0.765. The van der Waals surface area contributed by atoms with Crippen molar-refractivity contribution >= 4 is 40.2 Å². The number of aromatic nitrogens is 1. The van der Waals surface area contributed by atoms with Gasteiger partial charge in [-0.3, -0.25) is 0 Å². The topological polar surface area (TPSA) is 62.2 Å². The predicted octanol–water partition coefficient (Wildman–Crippen LogP) is 2.89. The molecule has 0 unspecified atom stereocenters. The number of carboxylic acid groups (broad SMARTS) is 1. The molecule has 96 valence electrons. The van der Waals surface area contributed by atoms with E-state index in [9.17, 15) is 4.79 Å². The first-order chi connectivity index (χ1) is 8.65. The lowest BCUT2D eigenvalue weighted by Crippen LogP contribution is -2.16. The van der Waals surface area contributed by atoms with Crippen LogP contribution in [0.4, 0.5) is 0 Å². The molecule has 0 saturated carbocycles. The van der Waals surface area contributed by atoms with Crippen molar-refractivity contribution in [1.82, 2.24) is 10.3 Å². The van der Waals surface area contributed by atoms with Gasteiger partial charge in [-0.25, -0.2) is 9.78 Å². The lowest BCUT2D eigenvalue weighted by Gasteiger charge is -2.00. The van der Waals surface area contributed by atoms with Crippen LogP contribution in [0.1, 0.15) is 20.4 Å². The van der Waals surface area contributed by atoms with Crippen molar-refractivity contribution < 1.29 is 9.90 Å². The van der Waals surface area contributed by atoms with Crippen molar-refractivity contribution in [3.8, 4) is 0 Å². The maximum atomic E-state index is 10.6. The summed E-state index contributed by atoms with van der Waals surface area (Å²) in [7, 11) is 0. The van der Waals surface area contributed by atoms with Crippen molar-refractivity contribution in [3.05, 3.63) is 37.4 Å². The second kappa shape index (κ2) is 6.29. The molecular formula is C11H11ClN2O2S2. The zero-order valence-corrected chi connectivity index (χ0v) is 11.7. The molecule has 0 fully saturated rings. The number of carboxylic acids is 1. The number of hydrogen-bond acceptors (Lipinski definition) is 5. The van der Waals surface area contributed by atoms with E-state index in [4.69, 9.17) is 16.7 Å². The monoisotopic (exact) mass is 302 g/mol. The molecule has 18 heavy (non-hydrogen) atoms. The van der Waals surface area contributed by atoms with Crippen LogP contribution in [0.5, 0.6) is 0 Å². The molecule has 2 aromatic heterocycles. The highest BCUT2D eigenvalue weighted by molar-refractivity contribution is 7.16. The number of halogens is 1. The van der Waals surface area contributed by atoms with Crippen LogP contribution in [0, 0.1) is 0 Å². The van der Waals surface area contributed by atoms with Gasteiger partial charge in [0.05, 0.1) is 10.0 Å². The third-order valence-corrected chi connectivity index (χ3v) is 4.39. The van der Waals surface area contributed by atoms with Gasteiger partial charge in [-0.1, -0.05) is 11.6 Å². The van der Waals surface area contributed by atoms with Crippen molar-refractivity contribution in [1.29, 1.82) is 0 Å². The number of rotatable bonds is 6. The van der Waals surface area contributed by atoms with Crippen molar-refractivity contribution in [2.75, 3.05) is 6.54 Å². The predicted molar refractivity (Wildman–Crippen MR) is 73.8 cm³/mol. The first-order valence-corrected chi connectivity index (χ1v) is 7.35. The normalized spacial score (nSPS) is 10.7. The van der Waals surface area contributed by atoms with Crippen LogP contribution >= 0.6 is 34.3 Å². The molecule has 4 nitrogen and oxygen atoms in total. The van der Waals surface area contributed by atoms with Gasteiger partial charge in [0.15, 0.2) is 0 Å². The molecule has 2 heterocycles. The van der Waals surface area contributed by atoms with Crippen molar-refractivity contribution in [2.24, 2.45) is 0 Å². The van der Waals surface area contributed by atoms with E-state index < -0.39 is 5.97 Å². The average Bonchev–Trinajstić information content (AvgIpc) is 2.93. The Kier molecular flexibility index (Phi) is 4.71. The van der Waals surface area contributed by atoms with Crippen molar-refractivity contribution in [3.63, 3.8) is 0 Å². The van der Waals surface area contributed by atoms with Gasteiger partial charge in [0.2, 0.25) is 5.01 Å². The highest BCUT2D eigenvalue weighted by atomic mass is 35.5. The third-order valence-electron chi connectivity index (χ3n) is 2.22. The van der Waals surface area contributed by atoms with Crippen LogP contribution in [0.15, 0.2) is 17.5 Å². The van der Waals surface area contributed by atoms with Crippen LogP contribution in [0.2, 0.25) is 4.34 Å². The Labute approximate surface area is 117 Å². The van der Waals surface area contributed by atoms with Crippen LogP contribution < -0.4 is 5.32 Å². The van der Waals surface area contributed by atoms with E-state index in [2.05, 4.69) is 10.3 Å². The molecule has 0 saturated heterocycles. The summed E-state index contributed by atoms with van der Waals surface area (Å²) in [4.78, 5) is 15.9. The van der Waals surface area contributed by atoms with E-state index in [1.807, 2.05) is 12.1 Å². The molecule has 0 aliphatic carbocycles. The van der Waals surface area contributed by atoms with Gasteiger partial charge in [-0.2, -0.15) is 0 Å². The SMILES string of the molecule is O=C(O)c1nc(CNCCc2ccc(Cl)s2)cs1. The van der Waals surface area contributed by atoms with Gasteiger partial charge < -0.3 is 10.4 Å². The fourth-order valence-electron chi connectivity index (χ4n) is 1.40. The van der Waals surface area contributed by atoms with Gasteiger partial charge >= 0.3 is 5.97 Å². The van der Waals surface area contributed by atoms with E-state index in [-0.39, 0.29) is 5.01 Å². The number of carbonyl (C=O) groups is 1. The van der Waals surface area contributed by atoms with E-state index in [0.717, 1.165) is 34.3 Å². The smallest absolute Gasteiger partial charge is 0.365 e. The Morgan fingerprint density at radius 3 is 2.94 bits per heavy atom. The molecule has 2 aromatic rings. The second-order valence-electron chi connectivity index (χ2n) is 3.58. The Morgan fingerprint density at radius 1 is 1.50 bits per heavy atom. The van der Waals surface area contributed by atoms with Crippen LogP contribution in [-0.2, 0) is 13.0 Å². The molecular weight excluding hydrogens is 292 g/mol. The minimum atomic E-state index is -0.973. The Bertz CT molecular complexity index is 539.